The van der Waals surface area contributed by atoms with Crippen LogP contribution < -0.4 is 38.9 Å². The number of guanidine groups is 1. The van der Waals surface area contributed by atoms with E-state index in [2.05, 4.69) is 20.9 Å². The quantitative estimate of drug-likeness (QED) is 0.0685. The molecule has 182 valence electrons. The van der Waals surface area contributed by atoms with Crippen molar-refractivity contribution >= 4 is 35.6 Å². The zero-order chi connectivity index (χ0) is 24.8. The van der Waals surface area contributed by atoms with Crippen LogP contribution in [0, 0.1) is 5.92 Å². The van der Waals surface area contributed by atoms with Crippen LogP contribution >= 0.6 is 0 Å². The van der Waals surface area contributed by atoms with E-state index < -0.39 is 54.3 Å². The van der Waals surface area contributed by atoms with Crippen LogP contribution in [0.4, 0.5) is 0 Å². The van der Waals surface area contributed by atoms with Crippen molar-refractivity contribution in [3.05, 3.63) is 0 Å². The highest BCUT2D eigenvalue weighted by molar-refractivity contribution is 5.94. The molecule has 0 fully saturated rings. The molecule has 0 aliphatic heterocycles. The summed E-state index contributed by atoms with van der Waals surface area (Å²) in [7, 11) is 0. The van der Waals surface area contributed by atoms with Crippen LogP contribution in [0.25, 0.3) is 0 Å². The second-order valence-corrected chi connectivity index (χ2v) is 7.27. The van der Waals surface area contributed by atoms with E-state index >= 15 is 0 Å². The van der Waals surface area contributed by atoms with Gasteiger partial charge in [-0.2, -0.15) is 0 Å². The number of carbonyl (C=O) groups excluding carboxylic acids is 4. The number of carbonyl (C=O) groups is 5. The topological polar surface area (TPSA) is 258 Å². The fourth-order valence-electron chi connectivity index (χ4n) is 2.56. The molecule has 0 rings (SSSR count). The van der Waals surface area contributed by atoms with Gasteiger partial charge in [-0.05, 0) is 18.8 Å². The Morgan fingerprint density at radius 2 is 1.66 bits per heavy atom. The van der Waals surface area contributed by atoms with Crippen LogP contribution in [-0.4, -0.2) is 71.9 Å². The molecule has 0 spiro atoms. The van der Waals surface area contributed by atoms with Crippen molar-refractivity contribution in [1.29, 1.82) is 0 Å². The molecular formula is C18H34N8O6. The molecule has 0 saturated carbocycles. The molecule has 14 nitrogen and oxygen atoms in total. The van der Waals surface area contributed by atoms with Crippen molar-refractivity contribution < 1.29 is 29.1 Å². The van der Waals surface area contributed by atoms with Gasteiger partial charge in [-0.25, -0.2) is 4.79 Å². The van der Waals surface area contributed by atoms with Crippen molar-refractivity contribution in [2.24, 2.45) is 33.8 Å². The van der Waals surface area contributed by atoms with Crippen LogP contribution in [0.5, 0.6) is 0 Å². The molecule has 12 N–H and O–H groups in total. The number of carboxylic acids is 1. The third-order valence-electron chi connectivity index (χ3n) is 4.55. The maximum atomic E-state index is 12.5. The highest BCUT2D eigenvalue weighted by Gasteiger charge is 2.29. The average Bonchev–Trinajstić information content (AvgIpc) is 2.70. The molecule has 0 saturated heterocycles. The molecule has 14 heteroatoms. The summed E-state index contributed by atoms with van der Waals surface area (Å²) in [6.45, 7) is 3.20. The SMILES string of the molecule is CCC(C)C(NC(=O)C(N)CC(N)=O)C(=O)NCC(=O)NC(CCCN=C(N)N)C(=O)O. The van der Waals surface area contributed by atoms with Gasteiger partial charge >= 0.3 is 5.97 Å². The molecule has 0 bridgehead atoms. The van der Waals surface area contributed by atoms with E-state index in [9.17, 15) is 29.1 Å². The average molecular weight is 459 g/mol. The molecule has 4 atom stereocenters. The largest absolute Gasteiger partial charge is 0.480 e. The van der Waals surface area contributed by atoms with Gasteiger partial charge < -0.3 is 44.0 Å². The number of amides is 4. The third kappa shape index (κ3) is 11.7. The zero-order valence-corrected chi connectivity index (χ0v) is 18.3. The van der Waals surface area contributed by atoms with Gasteiger partial charge in [0.25, 0.3) is 0 Å². The minimum absolute atomic E-state index is 0.0785. The van der Waals surface area contributed by atoms with Gasteiger partial charge in [-0.1, -0.05) is 20.3 Å². The lowest BCUT2D eigenvalue weighted by Gasteiger charge is -2.25. The molecule has 0 aliphatic carbocycles. The first kappa shape index (κ1) is 28.6. The number of nitrogens with one attached hydrogen (secondary N) is 3. The second kappa shape index (κ2) is 14.6. The molecule has 0 aliphatic rings. The number of nitrogens with two attached hydrogens (primary N) is 4. The highest BCUT2D eigenvalue weighted by Crippen LogP contribution is 2.08. The second-order valence-electron chi connectivity index (χ2n) is 7.27. The fraction of sp³-hybridized carbons (Fsp3) is 0.667. The van der Waals surface area contributed by atoms with Crippen LogP contribution in [-0.2, 0) is 24.0 Å². The Morgan fingerprint density at radius 3 is 2.16 bits per heavy atom. The van der Waals surface area contributed by atoms with Gasteiger partial charge in [0.15, 0.2) is 5.96 Å². The molecule has 0 aromatic heterocycles. The minimum Gasteiger partial charge on any atom is -0.480 e. The Hall–Kier alpha value is -3.42. The van der Waals surface area contributed by atoms with E-state index in [1.807, 2.05) is 0 Å². The van der Waals surface area contributed by atoms with Crippen molar-refractivity contribution in [1.82, 2.24) is 16.0 Å². The maximum Gasteiger partial charge on any atom is 0.326 e. The van der Waals surface area contributed by atoms with Crippen molar-refractivity contribution in [3.63, 3.8) is 0 Å². The van der Waals surface area contributed by atoms with Gasteiger partial charge in [0.2, 0.25) is 23.6 Å². The summed E-state index contributed by atoms with van der Waals surface area (Å²) in [6, 6.07) is -3.43. The zero-order valence-electron chi connectivity index (χ0n) is 18.3. The van der Waals surface area contributed by atoms with Crippen LogP contribution in [0.1, 0.15) is 39.5 Å². The van der Waals surface area contributed by atoms with E-state index in [0.29, 0.717) is 12.8 Å². The first-order valence-electron chi connectivity index (χ1n) is 10.1. The molecule has 4 amide bonds. The number of primary amides is 1. The molecule has 0 aromatic rings. The number of carboxylic acid groups (broad SMARTS) is 1. The number of aliphatic carboxylic acids is 1. The predicted octanol–water partition coefficient (Wildman–Crippen LogP) is -3.54. The molecule has 32 heavy (non-hydrogen) atoms. The van der Waals surface area contributed by atoms with Crippen LogP contribution in [0.3, 0.4) is 0 Å². The van der Waals surface area contributed by atoms with E-state index in [1.54, 1.807) is 13.8 Å². The lowest BCUT2D eigenvalue weighted by Crippen LogP contribution is -2.56. The molecule has 0 heterocycles. The lowest BCUT2D eigenvalue weighted by atomic mass is 9.97. The van der Waals surface area contributed by atoms with E-state index in [-0.39, 0.29) is 31.3 Å². The summed E-state index contributed by atoms with van der Waals surface area (Å²) in [5.74, 6) is -4.57. The molecule has 4 unspecified atom stereocenters. The summed E-state index contributed by atoms with van der Waals surface area (Å²) in [5.41, 5.74) is 21.0. The Labute approximate surface area is 185 Å². The third-order valence-corrected chi connectivity index (χ3v) is 4.55. The summed E-state index contributed by atoms with van der Waals surface area (Å²) < 4.78 is 0. The van der Waals surface area contributed by atoms with E-state index in [4.69, 9.17) is 22.9 Å². The molecule has 0 aromatic carbocycles. The van der Waals surface area contributed by atoms with Crippen molar-refractivity contribution in [3.8, 4) is 0 Å². The predicted molar refractivity (Wildman–Crippen MR) is 116 cm³/mol. The highest BCUT2D eigenvalue weighted by atomic mass is 16.4. The summed E-state index contributed by atoms with van der Waals surface area (Å²) in [5, 5.41) is 16.4. The molecular weight excluding hydrogens is 424 g/mol. The first-order valence-corrected chi connectivity index (χ1v) is 10.1. The number of hydrogen-bond donors (Lipinski definition) is 8. The Kier molecular flexibility index (Phi) is 13.0. The van der Waals surface area contributed by atoms with Gasteiger partial charge in [-0.3, -0.25) is 24.2 Å². The van der Waals surface area contributed by atoms with Gasteiger partial charge in [-0.15, -0.1) is 0 Å². The van der Waals surface area contributed by atoms with Crippen molar-refractivity contribution in [2.75, 3.05) is 13.1 Å². The van der Waals surface area contributed by atoms with Gasteiger partial charge in [0.1, 0.15) is 12.1 Å². The van der Waals surface area contributed by atoms with Crippen molar-refractivity contribution in [2.45, 2.75) is 57.7 Å². The van der Waals surface area contributed by atoms with E-state index in [0.717, 1.165) is 0 Å². The normalized spacial score (nSPS) is 14.2. The number of rotatable bonds is 15. The fourth-order valence-corrected chi connectivity index (χ4v) is 2.56. The maximum absolute atomic E-state index is 12.5. The number of nitrogens with zero attached hydrogens (tertiary/aromatic N) is 1. The Morgan fingerprint density at radius 1 is 1.03 bits per heavy atom. The standard InChI is InChI=1S/C18H34N8O6/c1-3-9(2)14(26-15(29)10(19)7-12(20)27)16(30)24-8-13(28)25-11(17(31)32)5-4-6-23-18(21)22/h9-11,14H,3-8,19H2,1-2H3,(H2,20,27)(H,24,30)(H,25,28)(H,26,29)(H,31,32)(H4,21,22,23). The monoisotopic (exact) mass is 458 g/mol. The van der Waals surface area contributed by atoms with Gasteiger partial charge in [0.05, 0.1) is 19.0 Å². The summed E-state index contributed by atoms with van der Waals surface area (Å²) >= 11 is 0. The number of aliphatic imine (C=N–C) groups is 1. The first-order chi connectivity index (χ1) is 14.9. The Balaban J connectivity index is 4.85. The summed E-state index contributed by atoms with van der Waals surface area (Å²) in [4.78, 5) is 62.8. The lowest BCUT2D eigenvalue weighted by molar-refractivity contribution is -0.142. The summed E-state index contributed by atoms with van der Waals surface area (Å²) in [6.07, 6.45) is 0.527. The molecule has 0 radical (unpaired) electrons. The Bertz CT molecular complexity index is 710. The number of hydrogen-bond acceptors (Lipinski definition) is 7. The van der Waals surface area contributed by atoms with Crippen LogP contribution in [0.15, 0.2) is 4.99 Å². The van der Waals surface area contributed by atoms with E-state index in [1.165, 1.54) is 0 Å². The smallest absolute Gasteiger partial charge is 0.326 e. The minimum atomic E-state index is -1.25. The van der Waals surface area contributed by atoms with Crippen LogP contribution in [0.2, 0.25) is 0 Å². The van der Waals surface area contributed by atoms with Gasteiger partial charge in [0, 0.05) is 6.54 Å².